The Kier molecular flexibility index (Phi) is 5.19. The molecular weight excluding hydrogens is 266 g/mol. The molecular formula is C15H23N5O. The van der Waals surface area contributed by atoms with Crippen LogP contribution in [0.4, 0.5) is 5.69 Å². The van der Waals surface area contributed by atoms with Gasteiger partial charge in [0.05, 0.1) is 5.69 Å². The van der Waals surface area contributed by atoms with Crippen molar-refractivity contribution in [1.82, 2.24) is 10.6 Å². The van der Waals surface area contributed by atoms with Crippen LogP contribution >= 0.6 is 0 Å². The van der Waals surface area contributed by atoms with Crippen LogP contribution in [-0.2, 0) is 0 Å². The van der Waals surface area contributed by atoms with Crippen LogP contribution in [0, 0.1) is 0 Å². The number of nitrogens with one attached hydrogen (secondary N) is 2. The Morgan fingerprint density at radius 3 is 2.62 bits per heavy atom. The van der Waals surface area contributed by atoms with Crippen molar-refractivity contribution in [1.29, 1.82) is 0 Å². The average molecular weight is 289 g/mol. The van der Waals surface area contributed by atoms with Gasteiger partial charge in [-0.25, -0.2) is 5.84 Å². The zero-order chi connectivity index (χ0) is 15.2. The van der Waals surface area contributed by atoms with Gasteiger partial charge in [0.15, 0.2) is 0 Å². The number of anilines is 1. The van der Waals surface area contributed by atoms with Crippen molar-refractivity contribution in [3.05, 3.63) is 41.7 Å². The Morgan fingerprint density at radius 1 is 1.38 bits per heavy atom. The minimum atomic E-state index is -0.0867. The molecule has 1 aliphatic rings. The molecule has 0 unspecified atom stereocenters. The lowest BCUT2D eigenvalue weighted by molar-refractivity contribution is 0.0956. The number of carbonyl (C=O) groups excluding carboxylic acids is 1. The number of carbonyl (C=O) groups is 1. The molecule has 0 aliphatic heterocycles. The average Bonchev–Trinajstić information content (AvgIpc) is 3.30. The molecule has 0 bridgehead atoms. The Hall–Kier alpha value is -2.05. The largest absolute Gasteiger partial charge is 0.400 e. The smallest absolute Gasteiger partial charge is 0.251 e. The first kappa shape index (κ1) is 15.3. The van der Waals surface area contributed by atoms with E-state index in [1.807, 2.05) is 6.92 Å². The molecule has 2 rings (SSSR count). The highest BCUT2D eigenvalue weighted by Crippen LogP contribution is 2.18. The summed E-state index contributed by atoms with van der Waals surface area (Å²) in [5.41, 5.74) is 7.98. The van der Waals surface area contributed by atoms with Gasteiger partial charge in [-0.15, -0.1) is 0 Å². The number of hydrogen-bond acceptors (Lipinski definition) is 5. The van der Waals surface area contributed by atoms with Crippen LogP contribution in [0.5, 0.6) is 0 Å². The molecule has 0 aromatic heterocycles. The van der Waals surface area contributed by atoms with Crippen molar-refractivity contribution < 1.29 is 4.79 Å². The van der Waals surface area contributed by atoms with Crippen molar-refractivity contribution in [2.24, 2.45) is 11.6 Å². The third-order valence-corrected chi connectivity index (χ3v) is 3.24. The highest BCUT2D eigenvalue weighted by Gasteiger charge is 2.20. The molecule has 0 radical (unpaired) electrons. The van der Waals surface area contributed by atoms with E-state index in [1.165, 1.54) is 17.9 Å². The first-order valence-electron chi connectivity index (χ1n) is 7.22. The third-order valence-electron chi connectivity index (χ3n) is 3.24. The van der Waals surface area contributed by atoms with Crippen LogP contribution in [0.15, 0.2) is 36.2 Å². The number of amides is 1. The minimum absolute atomic E-state index is 0.0867. The molecule has 21 heavy (non-hydrogen) atoms. The molecule has 114 valence electrons. The standard InChI is InChI=1S/C15H23N5O/c1-2-18-15(21)11-3-7-14(8-4-11)20(17)10-12(16)9-19-13-5-6-13/h3-4,7-8,10,13,19H,2,5-6,9,16-17H2,1H3,(H,18,21)/b12-10-. The van der Waals surface area contributed by atoms with Crippen LogP contribution in [0.1, 0.15) is 30.1 Å². The first-order valence-corrected chi connectivity index (χ1v) is 7.22. The number of hydrogen-bond donors (Lipinski definition) is 4. The Morgan fingerprint density at radius 2 is 2.05 bits per heavy atom. The van der Waals surface area contributed by atoms with Crippen molar-refractivity contribution in [2.45, 2.75) is 25.8 Å². The van der Waals surface area contributed by atoms with Crippen LogP contribution in [0.3, 0.4) is 0 Å². The lowest BCUT2D eigenvalue weighted by Gasteiger charge is -2.16. The van der Waals surface area contributed by atoms with Gasteiger partial charge in [0.1, 0.15) is 0 Å². The molecule has 1 amide bonds. The summed E-state index contributed by atoms with van der Waals surface area (Å²) in [6.45, 7) is 3.13. The summed E-state index contributed by atoms with van der Waals surface area (Å²) in [5.74, 6) is 5.86. The number of hydrazine groups is 1. The van der Waals surface area contributed by atoms with Gasteiger partial charge in [0.2, 0.25) is 0 Å². The van der Waals surface area contributed by atoms with Crippen LogP contribution < -0.4 is 27.2 Å². The quantitative estimate of drug-likeness (QED) is 0.437. The summed E-state index contributed by atoms with van der Waals surface area (Å²) in [6, 6.07) is 7.68. The van der Waals surface area contributed by atoms with Gasteiger partial charge in [-0.05, 0) is 44.0 Å². The van der Waals surface area contributed by atoms with E-state index in [4.69, 9.17) is 11.6 Å². The number of nitrogens with zero attached hydrogens (tertiary/aromatic N) is 1. The topological polar surface area (TPSA) is 96.4 Å². The molecule has 1 fully saturated rings. The summed E-state index contributed by atoms with van der Waals surface area (Å²) in [4.78, 5) is 11.7. The fraction of sp³-hybridized carbons (Fsp3) is 0.400. The van der Waals surface area contributed by atoms with Crippen molar-refractivity contribution in [3.63, 3.8) is 0 Å². The summed E-state index contributed by atoms with van der Waals surface area (Å²) in [5, 5.41) is 7.54. The first-order chi connectivity index (χ1) is 10.1. The maximum atomic E-state index is 11.7. The van der Waals surface area contributed by atoms with Gasteiger partial charge in [0, 0.05) is 36.6 Å². The minimum Gasteiger partial charge on any atom is -0.400 e. The van der Waals surface area contributed by atoms with Gasteiger partial charge in [-0.2, -0.15) is 0 Å². The van der Waals surface area contributed by atoms with Crippen molar-refractivity contribution in [3.8, 4) is 0 Å². The predicted molar refractivity (Wildman–Crippen MR) is 84.4 cm³/mol. The summed E-state index contributed by atoms with van der Waals surface area (Å²) >= 11 is 0. The van der Waals surface area contributed by atoms with Gasteiger partial charge in [0.25, 0.3) is 5.91 Å². The highest BCUT2D eigenvalue weighted by atomic mass is 16.1. The molecule has 6 N–H and O–H groups in total. The van der Waals surface area contributed by atoms with E-state index < -0.39 is 0 Å². The Labute approximate surface area is 125 Å². The van der Waals surface area contributed by atoms with E-state index >= 15 is 0 Å². The SMILES string of the molecule is CCNC(=O)c1ccc(N(N)/C=C(\N)CNC2CC2)cc1. The molecule has 1 aromatic rings. The monoisotopic (exact) mass is 289 g/mol. The predicted octanol–water partition coefficient (Wildman–Crippen LogP) is 0.669. The zero-order valence-electron chi connectivity index (χ0n) is 12.3. The fourth-order valence-corrected chi connectivity index (χ4v) is 1.90. The lowest BCUT2D eigenvalue weighted by Crippen LogP contribution is -2.29. The van der Waals surface area contributed by atoms with E-state index in [0.29, 0.717) is 30.4 Å². The molecule has 1 aromatic carbocycles. The van der Waals surface area contributed by atoms with E-state index in [1.54, 1.807) is 30.5 Å². The molecule has 0 atom stereocenters. The second-order valence-corrected chi connectivity index (χ2v) is 5.17. The second kappa shape index (κ2) is 7.10. The van der Waals surface area contributed by atoms with Crippen LogP contribution in [0.25, 0.3) is 0 Å². The maximum absolute atomic E-state index is 11.7. The van der Waals surface area contributed by atoms with E-state index in [2.05, 4.69) is 10.6 Å². The van der Waals surface area contributed by atoms with Gasteiger partial charge >= 0.3 is 0 Å². The molecule has 6 heteroatoms. The zero-order valence-corrected chi connectivity index (χ0v) is 12.3. The molecule has 6 nitrogen and oxygen atoms in total. The number of rotatable bonds is 7. The van der Waals surface area contributed by atoms with Gasteiger partial charge < -0.3 is 16.4 Å². The molecule has 1 aliphatic carbocycles. The Bertz CT molecular complexity index is 507. The van der Waals surface area contributed by atoms with E-state index in [9.17, 15) is 4.79 Å². The number of nitrogens with two attached hydrogens (primary N) is 2. The highest BCUT2D eigenvalue weighted by molar-refractivity contribution is 5.94. The molecule has 1 saturated carbocycles. The van der Waals surface area contributed by atoms with Crippen LogP contribution in [0.2, 0.25) is 0 Å². The third kappa shape index (κ3) is 4.77. The number of benzene rings is 1. The van der Waals surface area contributed by atoms with Crippen LogP contribution in [-0.4, -0.2) is 25.0 Å². The molecule has 0 spiro atoms. The van der Waals surface area contributed by atoms with Crippen molar-refractivity contribution >= 4 is 11.6 Å². The maximum Gasteiger partial charge on any atom is 0.251 e. The fourth-order valence-electron chi connectivity index (χ4n) is 1.90. The lowest BCUT2D eigenvalue weighted by atomic mass is 10.2. The van der Waals surface area contributed by atoms with E-state index in [-0.39, 0.29) is 5.91 Å². The summed E-state index contributed by atoms with van der Waals surface area (Å²) in [7, 11) is 0. The molecule has 0 saturated heterocycles. The van der Waals surface area contributed by atoms with Gasteiger partial charge in [-0.1, -0.05) is 0 Å². The molecule has 0 heterocycles. The summed E-state index contributed by atoms with van der Waals surface area (Å²) in [6.07, 6.45) is 4.14. The van der Waals surface area contributed by atoms with Crippen molar-refractivity contribution in [2.75, 3.05) is 18.1 Å². The summed E-state index contributed by atoms with van der Waals surface area (Å²) < 4.78 is 0. The Balaban J connectivity index is 1.93. The van der Waals surface area contributed by atoms with Gasteiger partial charge in [-0.3, -0.25) is 9.80 Å². The second-order valence-electron chi connectivity index (χ2n) is 5.17. The normalized spacial score (nSPS) is 14.9. The van der Waals surface area contributed by atoms with E-state index in [0.717, 1.165) is 5.69 Å².